The highest BCUT2D eigenvalue weighted by Crippen LogP contribution is 2.34. The van der Waals surface area contributed by atoms with Crippen LogP contribution in [0.1, 0.15) is 30.1 Å². The molecule has 1 atom stereocenters. The van der Waals surface area contributed by atoms with Crippen LogP contribution in [-0.4, -0.2) is 9.91 Å². The zero-order valence-corrected chi connectivity index (χ0v) is 11.3. The molecular weight excluding hydrogens is 273 g/mol. The van der Waals surface area contributed by atoms with Crippen molar-refractivity contribution in [2.24, 2.45) is 0 Å². The van der Waals surface area contributed by atoms with Crippen molar-refractivity contribution >= 4 is 11.4 Å². The first-order valence-corrected chi connectivity index (χ1v) is 6.79. The molecule has 5 nitrogen and oxygen atoms in total. The summed E-state index contributed by atoms with van der Waals surface area (Å²) in [4.78, 5) is 14.9. The summed E-state index contributed by atoms with van der Waals surface area (Å²) in [5.74, 6) is -0.500. The fourth-order valence-electron chi connectivity index (χ4n) is 2.72. The zero-order valence-electron chi connectivity index (χ0n) is 11.3. The van der Waals surface area contributed by atoms with Gasteiger partial charge in [0.2, 0.25) is 0 Å². The van der Waals surface area contributed by atoms with E-state index in [2.05, 4.69) is 10.3 Å². The van der Waals surface area contributed by atoms with Gasteiger partial charge in [0, 0.05) is 18.3 Å². The van der Waals surface area contributed by atoms with E-state index in [1.807, 2.05) is 12.1 Å². The van der Waals surface area contributed by atoms with Gasteiger partial charge in [0.05, 0.1) is 16.7 Å². The van der Waals surface area contributed by atoms with Crippen LogP contribution in [-0.2, 0) is 6.42 Å². The minimum Gasteiger partial charge on any atom is -0.371 e. The van der Waals surface area contributed by atoms with Gasteiger partial charge < -0.3 is 5.32 Å². The minimum absolute atomic E-state index is 0.126. The number of benzene rings is 1. The number of aryl methyl sites for hydroxylation is 1. The van der Waals surface area contributed by atoms with Crippen LogP contribution >= 0.6 is 0 Å². The molecule has 2 aromatic rings. The topological polar surface area (TPSA) is 68.1 Å². The first-order valence-electron chi connectivity index (χ1n) is 6.79. The summed E-state index contributed by atoms with van der Waals surface area (Å²) in [6, 6.07) is 7.20. The number of hydrogen-bond donors (Lipinski definition) is 1. The Morgan fingerprint density at radius 2 is 2.24 bits per heavy atom. The minimum atomic E-state index is -0.510. The van der Waals surface area contributed by atoms with Crippen molar-refractivity contribution in [3.05, 3.63) is 63.7 Å². The zero-order chi connectivity index (χ0) is 14.8. The lowest BCUT2D eigenvalue weighted by atomic mass is 9.91. The SMILES string of the molecule is O=[N+]([O-])c1ccc(F)cc1NC1CCCc2cccnc21. The fourth-order valence-corrected chi connectivity index (χ4v) is 2.72. The van der Waals surface area contributed by atoms with Crippen molar-refractivity contribution in [3.63, 3.8) is 0 Å². The Labute approximate surface area is 121 Å². The number of fused-ring (bicyclic) bond motifs is 1. The first-order chi connectivity index (χ1) is 10.1. The van der Waals surface area contributed by atoms with Gasteiger partial charge >= 0.3 is 0 Å². The van der Waals surface area contributed by atoms with E-state index in [0.29, 0.717) is 0 Å². The first kappa shape index (κ1) is 13.5. The van der Waals surface area contributed by atoms with Gasteiger partial charge in [-0.25, -0.2) is 4.39 Å². The average Bonchev–Trinajstić information content (AvgIpc) is 2.47. The summed E-state index contributed by atoms with van der Waals surface area (Å²) in [5, 5.41) is 14.1. The number of nitrogens with zero attached hydrogens (tertiary/aromatic N) is 2. The molecule has 0 radical (unpaired) electrons. The second-order valence-corrected chi connectivity index (χ2v) is 5.06. The van der Waals surface area contributed by atoms with Crippen molar-refractivity contribution in [1.82, 2.24) is 4.98 Å². The van der Waals surface area contributed by atoms with E-state index in [0.717, 1.165) is 42.7 Å². The summed E-state index contributed by atoms with van der Waals surface area (Å²) in [5.41, 5.74) is 2.10. The largest absolute Gasteiger partial charge is 0.371 e. The Kier molecular flexibility index (Phi) is 3.51. The van der Waals surface area contributed by atoms with Gasteiger partial charge in [0.15, 0.2) is 0 Å². The van der Waals surface area contributed by atoms with E-state index in [9.17, 15) is 14.5 Å². The molecule has 0 spiro atoms. The standard InChI is InChI=1S/C15H14FN3O2/c16-11-6-7-14(19(20)21)13(9-11)18-12-5-1-3-10-4-2-8-17-15(10)12/h2,4,6-9,12,18H,1,3,5H2. The van der Waals surface area contributed by atoms with Crippen LogP contribution in [0, 0.1) is 15.9 Å². The van der Waals surface area contributed by atoms with Crippen LogP contribution in [0.4, 0.5) is 15.8 Å². The monoisotopic (exact) mass is 287 g/mol. The van der Waals surface area contributed by atoms with Crippen LogP contribution in [0.3, 0.4) is 0 Å². The molecule has 3 rings (SSSR count). The van der Waals surface area contributed by atoms with Crippen molar-refractivity contribution < 1.29 is 9.31 Å². The molecule has 21 heavy (non-hydrogen) atoms. The smallest absolute Gasteiger partial charge is 0.292 e. The average molecular weight is 287 g/mol. The van der Waals surface area contributed by atoms with Gasteiger partial charge in [-0.05, 0) is 37.0 Å². The summed E-state index contributed by atoms with van der Waals surface area (Å²) < 4.78 is 13.4. The number of pyridine rings is 1. The van der Waals surface area contributed by atoms with Crippen molar-refractivity contribution in [2.75, 3.05) is 5.32 Å². The predicted octanol–water partition coefficient (Wildman–Crippen LogP) is 3.62. The second kappa shape index (κ2) is 5.47. The lowest BCUT2D eigenvalue weighted by Gasteiger charge is -2.25. The van der Waals surface area contributed by atoms with E-state index < -0.39 is 10.7 Å². The van der Waals surface area contributed by atoms with Crippen LogP contribution < -0.4 is 5.32 Å². The van der Waals surface area contributed by atoms with Gasteiger partial charge in [-0.3, -0.25) is 15.1 Å². The van der Waals surface area contributed by atoms with Crippen molar-refractivity contribution in [2.45, 2.75) is 25.3 Å². The lowest BCUT2D eigenvalue weighted by Crippen LogP contribution is -2.19. The molecule has 6 heteroatoms. The molecule has 0 saturated carbocycles. The normalized spacial score (nSPS) is 17.1. The van der Waals surface area contributed by atoms with E-state index in [1.54, 1.807) is 6.20 Å². The van der Waals surface area contributed by atoms with Crippen molar-refractivity contribution in [1.29, 1.82) is 0 Å². The molecule has 0 bridgehead atoms. The predicted molar refractivity (Wildman–Crippen MR) is 76.6 cm³/mol. The van der Waals surface area contributed by atoms with Gasteiger partial charge in [0.25, 0.3) is 5.69 Å². The summed E-state index contributed by atoms with van der Waals surface area (Å²) >= 11 is 0. The molecule has 1 unspecified atom stereocenters. The molecule has 108 valence electrons. The third-order valence-electron chi connectivity index (χ3n) is 3.68. The highest BCUT2D eigenvalue weighted by atomic mass is 19.1. The molecule has 1 N–H and O–H groups in total. The molecular formula is C15H14FN3O2. The summed E-state index contributed by atoms with van der Waals surface area (Å²) in [6.07, 6.45) is 4.45. The number of rotatable bonds is 3. The molecule has 1 heterocycles. The van der Waals surface area contributed by atoms with Crippen molar-refractivity contribution in [3.8, 4) is 0 Å². The Hall–Kier alpha value is -2.50. The summed E-state index contributed by atoms with van der Waals surface area (Å²) in [6.45, 7) is 0. The molecule has 1 aromatic carbocycles. The summed E-state index contributed by atoms with van der Waals surface area (Å²) in [7, 11) is 0. The molecule has 0 saturated heterocycles. The second-order valence-electron chi connectivity index (χ2n) is 5.06. The van der Waals surface area contributed by atoms with Gasteiger partial charge in [0.1, 0.15) is 11.5 Å². The number of nitrogens with one attached hydrogen (secondary N) is 1. The molecule has 1 aromatic heterocycles. The Bertz CT molecular complexity index is 690. The Balaban J connectivity index is 1.95. The van der Waals surface area contributed by atoms with Crippen LogP contribution in [0.25, 0.3) is 0 Å². The quantitative estimate of drug-likeness (QED) is 0.691. The van der Waals surface area contributed by atoms with Crippen LogP contribution in [0.5, 0.6) is 0 Å². The van der Waals surface area contributed by atoms with Crippen LogP contribution in [0.2, 0.25) is 0 Å². The molecule has 0 aliphatic heterocycles. The number of hydrogen-bond acceptors (Lipinski definition) is 4. The van der Waals surface area contributed by atoms with E-state index in [4.69, 9.17) is 0 Å². The van der Waals surface area contributed by atoms with E-state index >= 15 is 0 Å². The number of anilines is 1. The third kappa shape index (κ3) is 2.69. The van der Waals surface area contributed by atoms with Gasteiger partial charge in [-0.15, -0.1) is 0 Å². The van der Waals surface area contributed by atoms with Gasteiger partial charge in [-0.1, -0.05) is 6.07 Å². The van der Waals surface area contributed by atoms with E-state index in [-0.39, 0.29) is 17.4 Å². The van der Waals surface area contributed by atoms with E-state index in [1.165, 1.54) is 6.07 Å². The molecule has 0 amide bonds. The molecule has 1 aliphatic carbocycles. The molecule has 0 fully saturated rings. The lowest BCUT2D eigenvalue weighted by molar-refractivity contribution is -0.384. The number of nitro groups is 1. The highest BCUT2D eigenvalue weighted by Gasteiger charge is 2.24. The number of aromatic nitrogens is 1. The fraction of sp³-hybridized carbons (Fsp3) is 0.267. The highest BCUT2D eigenvalue weighted by molar-refractivity contribution is 5.62. The number of nitro benzene ring substituents is 1. The number of halogens is 1. The maximum atomic E-state index is 13.4. The van der Waals surface area contributed by atoms with Crippen LogP contribution in [0.15, 0.2) is 36.5 Å². The Morgan fingerprint density at radius 3 is 3.05 bits per heavy atom. The molecule has 1 aliphatic rings. The van der Waals surface area contributed by atoms with Gasteiger partial charge in [-0.2, -0.15) is 0 Å². The maximum Gasteiger partial charge on any atom is 0.292 e. The maximum absolute atomic E-state index is 13.4. The third-order valence-corrected chi connectivity index (χ3v) is 3.68. The Morgan fingerprint density at radius 1 is 1.38 bits per heavy atom.